The van der Waals surface area contributed by atoms with Crippen molar-refractivity contribution < 1.29 is 24.5 Å². The summed E-state index contributed by atoms with van der Waals surface area (Å²) >= 11 is 1.58. The second-order valence-electron chi connectivity index (χ2n) is 14.0. The number of carbonyl (C=O) groups is 2. The van der Waals surface area contributed by atoms with Crippen LogP contribution in [0.5, 0.6) is 0 Å². The van der Waals surface area contributed by atoms with Crippen LogP contribution in [0.2, 0.25) is 0 Å². The molecule has 4 aliphatic rings. The van der Waals surface area contributed by atoms with Crippen LogP contribution in [-0.2, 0) is 17.8 Å². The van der Waals surface area contributed by atoms with E-state index < -0.39 is 6.10 Å². The molecule has 8 nitrogen and oxygen atoms in total. The molecule has 1 aromatic heterocycles. The van der Waals surface area contributed by atoms with Crippen LogP contribution < -0.4 is 15.1 Å². The van der Waals surface area contributed by atoms with E-state index in [1.54, 1.807) is 21.1 Å². The molecule has 1 aromatic carbocycles. The van der Waals surface area contributed by atoms with Crippen molar-refractivity contribution >= 4 is 28.3 Å². The van der Waals surface area contributed by atoms with Gasteiger partial charge < -0.3 is 19.8 Å². The van der Waals surface area contributed by atoms with Gasteiger partial charge in [0.15, 0.2) is 5.13 Å². The van der Waals surface area contributed by atoms with Gasteiger partial charge in [0.1, 0.15) is 32.7 Å². The molecular weight excluding hydrogens is 546 g/mol. The van der Waals surface area contributed by atoms with Crippen LogP contribution >= 0.6 is 11.3 Å². The van der Waals surface area contributed by atoms with Gasteiger partial charge >= 0.3 is 0 Å². The Labute approximate surface area is 254 Å². The molecule has 2 saturated heterocycles. The second kappa shape index (κ2) is 12.0. The number of fused-ring (bicyclic) bond motifs is 2. The summed E-state index contributed by atoms with van der Waals surface area (Å²) in [6.07, 6.45) is 4.34. The average molecular weight is 596 g/mol. The first-order valence-electron chi connectivity index (χ1n) is 16.1. The highest BCUT2D eigenvalue weighted by Crippen LogP contribution is 2.57. The summed E-state index contributed by atoms with van der Waals surface area (Å²) in [4.78, 5) is 37.7. The molecule has 0 bridgehead atoms. The van der Waals surface area contributed by atoms with Crippen LogP contribution in [0.4, 0.5) is 5.13 Å². The van der Waals surface area contributed by atoms with Gasteiger partial charge in [0.2, 0.25) is 5.91 Å². The molecule has 3 fully saturated rings. The topological polar surface area (TPSA) is 91.4 Å². The van der Waals surface area contributed by atoms with Gasteiger partial charge in [-0.3, -0.25) is 14.9 Å². The number of thiazole rings is 1. The minimum atomic E-state index is -0.541. The van der Waals surface area contributed by atoms with E-state index in [0.717, 1.165) is 57.4 Å². The minimum Gasteiger partial charge on any atom is -0.392 e. The summed E-state index contributed by atoms with van der Waals surface area (Å²) in [5.74, 6) is -0.0202. The number of hydrogen-bond acceptors (Lipinski definition) is 5. The summed E-state index contributed by atoms with van der Waals surface area (Å²) in [5, 5.41) is 15.5. The first kappa shape index (κ1) is 29.7. The van der Waals surface area contributed by atoms with Crippen LogP contribution in [0.25, 0.3) is 0 Å². The Morgan fingerprint density at radius 3 is 2.55 bits per heavy atom. The van der Waals surface area contributed by atoms with Gasteiger partial charge in [-0.2, -0.15) is 0 Å². The third-order valence-electron chi connectivity index (χ3n) is 11.1. The van der Waals surface area contributed by atoms with Gasteiger partial charge in [-0.05, 0) is 61.5 Å². The lowest BCUT2D eigenvalue weighted by molar-refractivity contribution is -1.01. The van der Waals surface area contributed by atoms with Gasteiger partial charge in [0, 0.05) is 40.9 Å². The molecule has 6 atom stereocenters. The molecule has 4 N–H and O–H groups in total. The number of quaternary nitrogens is 2. The Kier molecular flexibility index (Phi) is 8.48. The van der Waals surface area contributed by atoms with Crippen molar-refractivity contribution in [2.75, 3.05) is 51.6 Å². The van der Waals surface area contributed by atoms with Gasteiger partial charge in [-0.15, -0.1) is 11.3 Å². The summed E-state index contributed by atoms with van der Waals surface area (Å²) in [6.45, 7) is 14.0. The van der Waals surface area contributed by atoms with Crippen LogP contribution in [0.3, 0.4) is 0 Å². The van der Waals surface area contributed by atoms with Crippen molar-refractivity contribution in [2.24, 2.45) is 23.2 Å². The first-order valence-corrected chi connectivity index (χ1v) is 17.0. The van der Waals surface area contributed by atoms with Crippen LogP contribution in [-0.4, -0.2) is 79.2 Å². The number of likely N-dealkylation sites (tertiary alicyclic amines) is 1. The number of nitrogens with one attached hydrogen (secondary N) is 3. The molecule has 2 aliphatic heterocycles. The second-order valence-corrected chi connectivity index (χ2v) is 15.1. The van der Waals surface area contributed by atoms with Crippen molar-refractivity contribution in [1.82, 2.24) is 9.88 Å². The number of amides is 2. The van der Waals surface area contributed by atoms with Crippen molar-refractivity contribution in [3.63, 3.8) is 0 Å². The highest BCUT2D eigenvalue weighted by atomic mass is 32.1. The first-order chi connectivity index (χ1) is 20.1. The van der Waals surface area contributed by atoms with E-state index in [-0.39, 0.29) is 40.9 Å². The van der Waals surface area contributed by atoms with Crippen molar-refractivity contribution in [2.45, 2.75) is 71.4 Å². The Hall–Kier alpha value is -2.33. The third-order valence-corrected chi connectivity index (χ3v) is 12.1. The Morgan fingerprint density at radius 2 is 1.86 bits per heavy atom. The third kappa shape index (κ3) is 5.77. The molecule has 6 rings (SSSR count). The van der Waals surface area contributed by atoms with E-state index in [4.69, 9.17) is 4.98 Å². The lowest BCUT2D eigenvalue weighted by Gasteiger charge is -2.53. The molecule has 0 radical (unpaired) electrons. The number of aliphatic hydroxyl groups excluding tert-OH is 1. The fourth-order valence-electron chi connectivity index (χ4n) is 8.45. The standard InChI is InChI=1S/C33H47N5O3S/c1-21(31(41)38-13-5-6-14-38)25-11-12-33(3)19-26-28(22(2)27(33)29(25)39)34-32(42-26)35-30(40)24-9-7-23(8-10-24)20-37-17-15-36(4)16-18-37/h7-10,21-22,25,27,29,39H,5-6,11-20H2,1-4H3,(H,34,35,40)/p+2/t21-,22-,25-,27+,29-,33-/m0/s1. The van der Waals surface area contributed by atoms with Crippen LogP contribution in [0.15, 0.2) is 24.3 Å². The molecule has 1 saturated carbocycles. The highest BCUT2D eigenvalue weighted by Gasteiger charge is 2.54. The average Bonchev–Trinajstić information content (AvgIpc) is 3.64. The van der Waals surface area contributed by atoms with Crippen molar-refractivity contribution in [3.05, 3.63) is 46.0 Å². The van der Waals surface area contributed by atoms with Gasteiger partial charge in [-0.1, -0.05) is 32.9 Å². The number of aromatic nitrogens is 1. The van der Waals surface area contributed by atoms with E-state index in [0.29, 0.717) is 10.7 Å². The predicted molar refractivity (Wildman–Crippen MR) is 165 cm³/mol. The SMILES string of the molecule is C[C@H](C(=O)N1CCCC1)[C@@H]1CC[C@@]2(C)Cc3sc(NC(=O)c4ccc(C[NH+]5CC[NH+](C)CC5)cc4)nc3[C@@H](C)[C@@H]2[C@H]1O. The lowest BCUT2D eigenvalue weighted by Crippen LogP contribution is -3.26. The zero-order valence-corrected chi connectivity index (χ0v) is 26.6. The summed E-state index contributed by atoms with van der Waals surface area (Å²) in [5.41, 5.74) is 2.87. The largest absolute Gasteiger partial charge is 0.392 e. The molecule has 2 aromatic rings. The number of likely N-dealkylation sites (N-methyl/N-ethyl adjacent to an activating group) is 1. The Balaban J connectivity index is 1.11. The van der Waals surface area contributed by atoms with Gasteiger partial charge in [-0.25, -0.2) is 4.98 Å². The fourth-order valence-corrected chi connectivity index (χ4v) is 9.71. The number of benzene rings is 1. The maximum atomic E-state index is 13.2. The lowest BCUT2D eigenvalue weighted by atomic mass is 9.53. The molecular formula is C33H49N5O3S+2. The Bertz CT molecular complexity index is 1280. The van der Waals surface area contributed by atoms with Crippen LogP contribution in [0, 0.1) is 23.2 Å². The van der Waals surface area contributed by atoms with Crippen LogP contribution in [0.1, 0.15) is 78.9 Å². The smallest absolute Gasteiger partial charge is 0.257 e. The molecule has 42 heavy (non-hydrogen) atoms. The molecule has 2 aliphatic carbocycles. The number of anilines is 1. The number of hydrogen-bond donors (Lipinski definition) is 4. The van der Waals surface area contributed by atoms with Gasteiger partial charge in [0.05, 0.1) is 18.8 Å². The number of rotatable bonds is 6. The molecule has 228 valence electrons. The molecule has 9 heteroatoms. The molecule has 3 heterocycles. The van der Waals surface area contributed by atoms with Crippen molar-refractivity contribution in [3.8, 4) is 0 Å². The van der Waals surface area contributed by atoms with E-state index in [2.05, 4.69) is 38.3 Å². The molecule has 2 amide bonds. The van der Waals surface area contributed by atoms with E-state index in [1.807, 2.05) is 24.0 Å². The van der Waals surface area contributed by atoms with E-state index in [9.17, 15) is 14.7 Å². The maximum Gasteiger partial charge on any atom is 0.257 e. The normalized spacial score (nSPS) is 33.5. The number of carbonyl (C=O) groups excluding carboxylic acids is 2. The monoisotopic (exact) mass is 595 g/mol. The zero-order valence-electron chi connectivity index (χ0n) is 25.7. The van der Waals surface area contributed by atoms with E-state index in [1.165, 1.54) is 36.6 Å². The molecule has 0 unspecified atom stereocenters. The maximum absolute atomic E-state index is 13.2. The van der Waals surface area contributed by atoms with Gasteiger partial charge in [0.25, 0.3) is 5.91 Å². The summed E-state index contributed by atoms with van der Waals surface area (Å²) in [6, 6.07) is 8.03. The van der Waals surface area contributed by atoms with Crippen molar-refractivity contribution in [1.29, 1.82) is 0 Å². The molecule has 0 spiro atoms. The highest BCUT2D eigenvalue weighted by molar-refractivity contribution is 7.15. The predicted octanol–water partition coefficient (Wildman–Crippen LogP) is 1.62. The summed E-state index contributed by atoms with van der Waals surface area (Å²) < 4.78 is 0. The number of nitrogens with zero attached hydrogens (tertiary/aromatic N) is 2. The van der Waals surface area contributed by atoms with E-state index >= 15 is 0 Å². The number of piperazine rings is 1. The number of aliphatic hydroxyl groups is 1. The summed E-state index contributed by atoms with van der Waals surface area (Å²) in [7, 11) is 2.26. The fraction of sp³-hybridized carbons (Fsp3) is 0.667. The zero-order chi connectivity index (χ0) is 29.6. The minimum absolute atomic E-state index is 0.0279. The quantitative estimate of drug-likeness (QED) is 0.409. The Morgan fingerprint density at radius 1 is 1.17 bits per heavy atom.